The average molecular weight is 508 g/mol. The van der Waals surface area contributed by atoms with Crippen LogP contribution < -0.4 is 11.0 Å². The molecule has 1 heterocycles. The molecule has 11 heteroatoms. The Morgan fingerprint density at radius 2 is 1.94 bits per heavy atom. The SMILES string of the molecule is Cc1ccc(-n2c(SCC(=O)N/N=C\c3cc([N+](=O)[O-])ccc3Cl)nc3ccccc3c2=O)cc1. The molecule has 1 aromatic heterocycles. The number of nitro groups is 1. The van der Waals surface area contributed by atoms with Crippen LogP contribution in [0, 0.1) is 17.0 Å². The number of hydrogen-bond donors (Lipinski definition) is 1. The lowest BCUT2D eigenvalue weighted by Gasteiger charge is -2.13. The zero-order valence-electron chi connectivity index (χ0n) is 18.3. The van der Waals surface area contributed by atoms with Crippen molar-refractivity contribution in [2.75, 3.05) is 5.75 Å². The monoisotopic (exact) mass is 507 g/mol. The number of rotatable bonds is 7. The number of benzene rings is 3. The van der Waals surface area contributed by atoms with Gasteiger partial charge < -0.3 is 0 Å². The number of halogens is 1. The number of nitro benzene ring substituents is 1. The molecule has 0 aliphatic heterocycles. The highest BCUT2D eigenvalue weighted by molar-refractivity contribution is 7.99. The number of amides is 1. The molecule has 9 nitrogen and oxygen atoms in total. The van der Waals surface area contributed by atoms with E-state index in [4.69, 9.17) is 11.6 Å². The molecule has 0 saturated carbocycles. The molecule has 1 amide bonds. The number of fused-ring (bicyclic) bond motifs is 1. The first-order chi connectivity index (χ1) is 16.8. The van der Waals surface area contributed by atoms with Crippen LogP contribution in [-0.2, 0) is 4.79 Å². The van der Waals surface area contributed by atoms with Gasteiger partial charge in [0, 0.05) is 22.7 Å². The second-order valence-electron chi connectivity index (χ2n) is 7.43. The van der Waals surface area contributed by atoms with E-state index in [1.807, 2.05) is 31.2 Å². The molecule has 0 aliphatic rings. The summed E-state index contributed by atoms with van der Waals surface area (Å²) >= 11 is 7.12. The summed E-state index contributed by atoms with van der Waals surface area (Å²) in [5.74, 6) is -0.526. The van der Waals surface area contributed by atoms with E-state index in [0.717, 1.165) is 17.3 Å². The largest absolute Gasteiger partial charge is 0.272 e. The Kier molecular flexibility index (Phi) is 7.23. The van der Waals surface area contributed by atoms with Gasteiger partial charge in [0.2, 0.25) is 0 Å². The van der Waals surface area contributed by atoms with Gasteiger partial charge in [-0.2, -0.15) is 5.10 Å². The second kappa shape index (κ2) is 10.5. The molecule has 0 atom stereocenters. The van der Waals surface area contributed by atoms with E-state index in [0.29, 0.717) is 27.3 Å². The van der Waals surface area contributed by atoms with Crippen molar-refractivity contribution in [2.24, 2.45) is 5.10 Å². The number of carbonyl (C=O) groups excluding carboxylic acids is 1. The molecule has 0 spiro atoms. The third-order valence-electron chi connectivity index (χ3n) is 4.95. The van der Waals surface area contributed by atoms with Gasteiger partial charge in [-0.3, -0.25) is 24.3 Å². The van der Waals surface area contributed by atoms with Crippen LogP contribution in [0.1, 0.15) is 11.1 Å². The predicted octanol–water partition coefficient (Wildman–Crippen LogP) is 4.50. The fraction of sp³-hybridized carbons (Fsp3) is 0.0833. The highest BCUT2D eigenvalue weighted by atomic mass is 35.5. The van der Waals surface area contributed by atoms with Crippen LogP contribution in [0.4, 0.5) is 5.69 Å². The Morgan fingerprint density at radius 1 is 1.20 bits per heavy atom. The van der Waals surface area contributed by atoms with Gasteiger partial charge >= 0.3 is 0 Å². The maximum Gasteiger partial charge on any atom is 0.270 e. The molecule has 3 aromatic carbocycles. The first-order valence-corrected chi connectivity index (χ1v) is 11.7. The van der Waals surface area contributed by atoms with Gasteiger partial charge in [-0.05, 0) is 37.3 Å². The first kappa shape index (κ1) is 24.1. The number of nitrogens with zero attached hydrogens (tertiary/aromatic N) is 4. The zero-order valence-corrected chi connectivity index (χ0v) is 19.9. The summed E-state index contributed by atoms with van der Waals surface area (Å²) in [4.78, 5) is 40.6. The molecule has 4 aromatic rings. The molecule has 1 N–H and O–H groups in total. The van der Waals surface area contributed by atoms with Crippen molar-refractivity contribution in [1.29, 1.82) is 0 Å². The predicted molar refractivity (Wildman–Crippen MR) is 137 cm³/mol. The van der Waals surface area contributed by atoms with Crippen LogP contribution in [0.2, 0.25) is 5.02 Å². The van der Waals surface area contributed by atoms with Crippen molar-refractivity contribution in [2.45, 2.75) is 12.1 Å². The Hall–Kier alpha value is -4.02. The molecule has 0 fully saturated rings. The minimum atomic E-state index is -0.549. The summed E-state index contributed by atoms with van der Waals surface area (Å²) < 4.78 is 1.48. The quantitative estimate of drug-likeness (QED) is 0.129. The van der Waals surface area contributed by atoms with Crippen molar-refractivity contribution in [3.8, 4) is 5.69 Å². The summed E-state index contributed by atoms with van der Waals surface area (Å²) in [5.41, 5.74) is 4.49. The number of hydrogen-bond acceptors (Lipinski definition) is 7. The molecule has 0 radical (unpaired) electrons. The summed E-state index contributed by atoms with van der Waals surface area (Å²) in [6.07, 6.45) is 1.23. The van der Waals surface area contributed by atoms with Gasteiger partial charge in [-0.25, -0.2) is 10.4 Å². The van der Waals surface area contributed by atoms with Crippen molar-refractivity contribution in [3.63, 3.8) is 0 Å². The van der Waals surface area contributed by atoms with Crippen molar-refractivity contribution < 1.29 is 9.72 Å². The van der Waals surface area contributed by atoms with Gasteiger partial charge in [0.25, 0.3) is 17.2 Å². The van der Waals surface area contributed by atoms with E-state index < -0.39 is 10.8 Å². The molecule has 35 heavy (non-hydrogen) atoms. The number of nitrogens with one attached hydrogen (secondary N) is 1. The number of non-ortho nitro benzene ring substituents is 1. The molecular weight excluding hydrogens is 490 g/mol. The topological polar surface area (TPSA) is 119 Å². The van der Waals surface area contributed by atoms with Crippen LogP contribution in [0.5, 0.6) is 0 Å². The lowest BCUT2D eigenvalue weighted by atomic mass is 10.2. The average Bonchev–Trinajstić information content (AvgIpc) is 2.84. The zero-order chi connectivity index (χ0) is 24.9. The van der Waals surface area contributed by atoms with Crippen molar-refractivity contribution in [1.82, 2.24) is 15.0 Å². The van der Waals surface area contributed by atoms with Gasteiger partial charge in [0.1, 0.15) is 0 Å². The number of thioether (sulfide) groups is 1. The maximum absolute atomic E-state index is 13.2. The van der Waals surface area contributed by atoms with Crippen LogP contribution in [-0.4, -0.2) is 32.3 Å². The molecule has 0 aliphatic carbocycles. The van der Waals surface area contributed by atoms with E-state index in [2.05, 4.69) is 15.5 Å². The van der Waals surface area contributed by atoms with E-state index in [9.17, 15) is 19.7 Å². The van der Waals surface area contributed by atoms with E-state index in [1.165, 1.54) is 29.0 Å². The Morgan fingerprint density at radius 3 is 2.69 bits per heavy atom. The Bertz CT molecular complexity index is 1520. The van der Waals surface area contributed by atoms with Gasteiger partial charge in [-0.1, -0.05) is 53.2 Å². The standard InChI is InChI=1S/C24H18ClN5O4S/c1-15-6-8-17(9-7-15)29-23(32)19-4-2-3-5-21(19)27-24(29)35-14-22(31)28-26-13-16-12-18(30(33)34)10-11-20(16)25/h2-13H,14H2,1H3,(H,28,31)/b26-13-. The van der Waals surface area contributed by atoms with Crippen LogP contribution >= 0.6 is 23.4 Å². The first-order valence-electron chi connectivity index (χ1n) is 10.3. The maximum atomic E-state index is 13.2. The van der Waals surface area contributed by atoms with Gasteiger partial charge in [0.05, 0.1) is 33.5 Å². The molecular formula is C24H18ClN5O4S. The summed E-state index contributed by atoms with van der Waals surface area (Å²) in [6, 6.07) is 18.4. The number of aromatic nitrogens is 2. The smallest absolute Gasteiger partial charge is 0.270 e. The van der Waals surface area contributed by atoms with Crippen molar-refractivity contribution >= 4 is 52.1 Å². The highest BCUT2D eigenvalue weighted by Gasteiger charge is 2.15. The molecule has 176 valence electrons. The van der Waals surface area contributed by atoms with E-state index in [1.54, 1.807) is 24.3 Å². The number of para-hydroxylation sites is 1. The number of hydrazone groups is 1. The highest BCUT2D eigenvalue weighted by Crippen LogP contribution is 2.22. The Balaban J connectivity index is 1.54. The summed E-state index contributed by atoms with van der Waals surface area (Å²) in [6.45, 7) is 1.95. The minimum absolute atomic E-state index is 0.0728. The lowest BCUT2D eigenvalue weighted by Crippen LogP contribution is -2.24. The Labute approximate surface area is 208 Å². The van der Waals surface area contributed by atoms with Crippen LogP contribution in [0.15, 0.2) is 81.8 Å². The molecule has 0 unspecified atom stereocenters. The van der Waals surface area contributed by atoms with Crippen LogP contribution in [0.3, 0.4) is 0 Å². The number of carbonyl (C=O) groups is 1. The molecule has 0 saturated heterocycles. The summed E-state index contributed by atoms with van der Waals surface area (Å²) in [5, 5.41) is 15.9. The second-order valence-corrected chi connectivity index (χ2v) is 8.78. The fourth-order valence-corrected chi connectivity index (χ4v) is 4.18. The van der Waals surface area contributed by atoms with Gasteiger partial charge in [0.15, 0.2) is 5.16 Å². The van der Waals surface area contributed by atoms with Crippen molar-refractivity contribution in [3.05, 3.63) is 103 Å². The lowest BCUT2D eigenvalue weighted by molar-refractivity contribution is -0.384. The number of aryl methyl sites for hydroxylation is 1. The third kappa shape index (κ3) is 5.56. The normalized spacial score (nSPS) is 11.1. The van der Waals surface area contributed by atoms with E-state index >= 15 is 0 Å². The molecule has 0 bridgehead atoms. The van der Waals surface area contributed by atoms with Gasteiger partial charge in [-0.15, -0.1) is 0 Å². The summed E-state index contributed by atoms with van der Waals surface area (Å²) in [7, 11) is 0. The fourth-order valence-electron chi connectivity index (χ4n) is 3.21. The minimum Gasteiger partial charge on any atom is -0.272 e. The third-order valence-corrected chi connectivity index (χ3v) is 6.24. The van der Waals surface area contributed by atoms with Crippen LogP contribution in [0.25, 0.3) is 16.6 Å². The molecule has 4 rings (SSSR count). The van der Waals surface area contributed by atoms with E-state index in [-0.39, 0.29) is 22.0 Å².